The van der Waals surface area contributed by atoms with Gasteiger partial charge >= 0.3 is 5.97 Å². The molecule has 0 unspecified atom stereocenters. The maximum absolute atomic E-state index is 11.4. The minimum absolute atomic E-state index is 0.0277. The van der Waals surface area contributed by atoms with E-state index in [9.17, 15) is 4.79 Å². The Kier molecular flexibility index (Phi) is 5.79. The van der Waals surface area contributed by atoms with Crippen molar-refractivity contribution in [3.05, 3.63) is 35.9 Å². The molecule has 0 aliphatic heterocycles. The molecule has 0 heterocycles. The highest BCUT2D eigenvalue weighted by atomic mass is 16.5. The second kappa shape index (κ2) is 7.44. The third kappa shape index (κ3) is 4.68. The lowest BCUT2D eigenvalue weighted by atomic mass is 9.86. The topological polar surface area (TPSA) is 63.6 Å². The largest absolute Gasteiger partial charge is 0.483 e. The summed E-state index contributed by atoms with van der Waals surface area (Å²) in [6.07, 6.45) is 3.19. The zero-order valence-electron chi connectivity index (χ0n) is 9.54. The quantitative estimate of drug-likeness (QED) is 0.645. The van der Waals surface area contributed by atoms with Crippen LogP contribution in [0.15, 0.2) is 30.3 Å². The number of carbonyl (C=O) groups is 2. The van der Waals surface area contributed by atoms with E-state index in [0.717, 1.165) is 18.4 Å². The first-order valence-electron chi connectivity index (χ1n) is 5.56. The summed E-state index contributed by atoms with van der Waals surface area (Å²) < 4.78 is 5.19. The summed E-state index contributed by atoms with van der Waals surface area (Å²) in [4.78, 5) is 19.7. The van der Waals surface area contributed by atoms with Crippen LogP contribution in [0.3, 0.4) is 0 Å². The van der Waals surface area contributed by atoms with E-state index in [1.165, 1.54) is 6.42 Å². The third-order valence-corrected chi connectivity index (χ3v) is 2.66. The standard InChI is InChI=1S/C12H14O2.CH2O2/c13-12(11-7-4-8-11)14-9-10-5-2-1-3-6-10;2-1-3/h1-3,5-6,11H,4,7-9H2;1H,(H,2,3). The lowest BCUT2D eigenvalue weighted by Gasteiger charge is -2.22. The van der Waals surface area contributed by atoms with E-state index in [1.807, 2.05) is 30.3 Å². The minimum atomic E-state index is -0.250. The molecule has 1 N–H and O–H groups in total. The molecule has 0 amide bonds. The molecule has 4 nitrogen and oxygen atoms in total. The summed E-state index contributed by atoms with van der Waals surface area (Å²) in [6, 6.07) is 9.79. The Morgan fingerprint density at radius 1 is 1.35 bits per heavy atom. The van der Waals surface area contributed by atoms with Crippen molar-refractivity contribution in [3.8, 4) is 0 Å². The highest BCUT2D eigenvalue weighted by molar-refractivity contribution is 5.73. The summed E-state index contributed by atoms with van der Waals surface area (Å²) in [5.74, 6) is 0.152. The van der Waals surface area contributed by atoms with Gasteiger partial charge in [0.25, 0.3) is 6.47 Å². The van der Waals surface area contributed by atoms with Gasteiger partial charge in [0.15, 0.2) is 0 Å². The van der Waals surface area contributed by atoms with Crippen molar-refractivity contribution in [2.45, 2.75) is 25.9 Å². The maximum atomic E-state index is 11.4. The van der Waals surface area contributed by atoms with Gasteiger partial charge in [-0.1, -0.05) is 36.8 Å². The van der Waals surface area contributed by atoms with Gasteiger partial charge in [0.1, 0.15) is 6.61 Å². The average Bonchev–Trinajstić information content (AvgIpc) is 2.27. The average molecular weight is 236 g/mol. The molecular weight excluding hydrogens is 220 g/mol. The van der Waals surface area contributed by atoms with Crippen LogP contribution in [0.1, 0.15) is 24.8 Å². The molecule has 0 radical (unpaired) electrons. The van der Waals surface area contributed by atoms with Crippen molar-refractivity contribution in [1.82, 2.24) is 0 Å². The summed E-state index contributed by atoms with van der Waals surface area (Å²) >= 11 is 0. The van der Waals surface area contributed by atoms with Crippen molar-refractivity contribution in [1.29, 1.82) is 0 Å². The molecule has 1 aliphatic rings. The SMILES string of the molecule is O=C(OCc1ccccc1)C1CCC1.O=CO. The second-order valence-electron chi connectivity index (χ2n) is 3.83. The summed E-state index contributed by atoms with van der Waals surface area (Å²) in [5, 5.41) is 6.89. The number of hydrogen-bond acceptors (Lipinski definition) is 3. The van der Waals surface area contributed by atoms with Crippen molar-refractivity contribution < 1.29 is 19.4 Å². The lowest BCUT2D eigenvalue weighted by molar-refractivity contribution is -0.152. The van der Waals surface area contributed by atoms with Crippen molar-refractivity contribution in [3.63, 3.8) is 0 Å². The Morgan fingerprint density at radius 3 is 2.41 bits per heavy atom. The van der Waals surface area contributed by atoms with Crippen LogP contribution < -0.4 is 0 Å². The van der Waals surface area contributed by atoms with Gasteiger partial charge in [0, 0.05) is 0 Å². The van der Waals surface area contributed by atoms with E-state index < -0.39 is 0 Å². The fourth-order valence-corrected chi connectivity index (χ4v) is 1.49. The van der Waals surface area contributed by atoms with Gasteiger partial charge in [-0.2, -0.15) is 0 Å². The van der Waals surface area contributed by atoms with Gasteiger partial charge < -0.3 is 9.84 Å². The van der Waals surface area contributed by atoms with E-state index in [4.69, 9.17) is 14.6 Å². The molecular formula is C13H16O4. The number of rotatable bonds is 3. The van der Waals surface area contributed by atoms with E-state index in [1.54, 1.807) is 0 Å². The number of benzene rings is 1. The number of ether oxygens (including phenoxy) is 1. The predicted octanol–water partition coefficient (Wildman–Crippen LogP) is 2.23. The van der Waals surface area contributed by atoms with Crippen molar-refractivity contribution >= 4 is 12.4 Å². The van der Waals surface area contributed by atoms with Crippen LogP contribution in [0.25, 0.3) is 0 Å². The molecule has 0 saturated heterocycles. The number of carboxylic acid groups (broad SMARTS) is 1. The fraction of sp³-hybridized carbons (Fsp3) is 0.385. The summed E-state index contributed by atoms with van der Waals surface area (Å²) in [7, 11) is 0. The van der Waals surface area contributed by atoms with Crippen LogP contribution in [0.5, 0.6) is 0 Å². The zero-order valence-corrected chi connectivity index (χ0v) is 9.54. The first-order valence-corrected chi connectivity index (χ1v) is 5.56. The monoisotopic (exact) mass is 236 g/mol. The normalized spacial score (nSPS) is 13.9. The van der Waals surface area contributed by atoms with Gasteiger partial charge in [-0.05, 0) is 18.4 Å². The summed E-state index contributed by atoms with van der Waals surface area (Å²) in [5.41, 5.74) is 1.06. The molecule has 92 valence electrons. The number of esters is 1. The number of hydrogen-bond donors (Lipinski definition) is 1. The second-order valence-corrected chi connectivity index (χ2v) is 3.83. The van der Waals surface area contributed by atoms with Crippen LogP contribution in [0.2, 0.25) is 0 Å². The molecule has 0 spiro atoms. The first-order chi connectivity index (χ1) is 8.27. The zero-order chi connectivity index (χ0) is 12.5. The molecule has 1 saturated carbocycles. The Hall–Kier alpha value is -1.84. The molecule has 0 bridgehead atoms. The van der Waals surface area contributed by atoms with E-state index in [2.05, 4.69) is 0 Å². The van der Waals surface area contributed by atoms with E-state index in [0.29, 0.717) is 6.61 Å². The van der Waals surface area contributed by atoms with Gasteiger partial charge in [0.2, 0.25) is 0 Å². The molecule has 0 aromatic heterocycles. The third-order valence-electron chi connectivity index (χ3n) is 2.66. The molecule has 1 aliphatic carbocycles. The fourth-order valence-electron chi connectivity index (χ4n) is 1.49. The Bertz CT molecular complexity index is 344. The molecule has 0 atom stereocenters. The minimum Gasteiger partial charge on any atom is -0.483 e. The van der Waals surface area contributed by atoms with E-state index >= 15 is 0 Å². The smallest absolute Gasteiger partial charge is 0.309 e. The predicted molar refractivity (Wildman–Crippen MR) is 62.3 cm³/mol. The molecule has 1 fully saturated rings. The Labute approximate surface area is 100 Å². The highest BCUT2D eigenvalue weighted by Gasteiger charge is 2.26. The van der Waals surface area contributed by atoms with Crippen LogP contribution in [0, 0.1) is 5.92 Å². The molecule has 4 heteroatoms. The van der Waals surface area contributed by atoms with Crippen LogP contribution in [-0.2, 0) is 20.9 Å². The molecule has 17 heavy (non-hydrogen) atoms. The van der Waals surface area contributed by atoms with Crippen molar-refractivity contribution in [2.24, 2.45) is 5.92 Å². The highest BCUT2D eigenvalue weighted by Crippen LogP contribution is 2.27. The number of carbonyl (C=O) groups excluding carboxylic acids is 1. The van der Waals surface area contributed by atoms with Crippen LogP contribution in [-0.4, -0.2) is 17.5 Å². The van der Waals surface area contributed by atoms with Gasteiger partial charge in [0.05, 0.1) is 5.92 Å². The van der Waals surface area contributed by atoms with Gasteiger partial charge in [-0.3, -0.25) is 9.59 Å². The van der Waals surface area contributed by atoms with Crippen LogP contribution in [0.4, 0.5) is 0 Å². The van der Waals surface area contributed by atoms with Gasteiger partial charge in [-0.25, -0.2) is 0 Å². The van der Waals surface area contributed by atoms with Gasteiger partial charge in [-0.15, -0.1) is 0 Å². The maximum Gasteiger partial charge on any atom is 0.309 e. The Morgan fingerprint density at radius 2 is 1.94 bits per heavy atom. The first kappa shape index (κ1) is 13.2. The Balaban J connectivity index is 0.000000437. The summed E-state index contributed by atoms with van der Waals surface area (Å²) in [6.45, 7) is 0.163. The lowest BCUT2D eigenvalue weighted by Crippen LogP contribution is -2.23. The molecule has 2 rings (SSSR count). The molecule has 1 aromatic carbocycles. The molecule has 1 aromatic rings. The van der Waals surface area contributed by atoms with E-state index in [-0.39, 0.29) is 18.4 Å². The van der Waals surface area contributed by atoms with Crippen LogP contribution >= 0.6 is 0 Å². The van der Waals surface area contributed by atoms with Crippen molar-refractivity contribution in [2.75, 3.05) is 0 Å².